The van der Waals surface area contributed by atoms with E-state index < -0.39 is 17.9 Å². The lowest BCUT2D eigenvalue weighted by molar-refractivity contribution is -0.142. The minimum absolute atomic E-state index is 0.264. The molecule has 0 radical (unpaired) electrons. The van der Waals surface area contributed by atoms with E-state index in [4.69, 9.17) is 0 Å². The van der Waals surface area contributed by atoms with Crippen molar-refractivity contribution in [1.29, 1.82) is 0 Å². The molecule has 0 fully saturated rings. The highest BCUT2D eigenvalue weighted by atomic mass is 16.4. The molecule has 0 bridgehead atoms. The molecule has 2 atom stereocenters. The molecule has 4 heteroatoms. The molecule has 0 aliphatic rings. The molecule has 0 aliphatic heterocycles. The largest absolute Gasteiger partial charge is 0.481 e. The molecule has 2 N–H and O–H groups in total. The average Bonchev–Trinajstić information content (AvgIpc) is 2.53. The van der Waals surface area contributed by atoms with Gasteiger partial charge < -0.3 is 10.4 Å². The summed E-state index contributed by atoms with van der Waals surface area (Å²) in [5.74, 6) is -1.94. The van der Waals surface area contributed by atoms with Gasteiger partial charge >= 0.3 is 5.97 Å². The number of carbonyl (C=O) groups is 2. The zero-order valence-corrected chi connectivity index (χ0v) is 12.6. The van der Waals surface area contributed by atoms with Gasteiger partial charge in [-0.3, -0.25) is 9.59 Å². The maximum atomic E-state index is 12.5. The van der Waals surface area contributed by atoms with Gasteiger partial charge in [-0.05, 0) is 31.0 Å². The Hall–Kier alpha value is -2.62. The summed E-state index contributed by atoms with van der Waals surface area (Å²) in [4.78, 5) is 23.8. The third-order valence-corrected chi connectivity index (χ3v) is 3.72. The Morgan fingerprint density at radius 2 is 1.59 bits per heavy atom. The highest BCUT2D eigenvalue weighted by Gasteiger charge is 2.27. The molecule has 0 heterocycles. The van der Waals surface area contributed by atoms with Crippen LogP contribution in [0.3, 0.4) is 0 Å². The molecule has 2 aromatic rings. The number of amides is 1. The summed E-state index contributed by atoms with van der Waals surface area (Å²) in [5.41, 5.74) is 2.19. The second kappa shape index (κ2) is 6.89. The quantitative estimate of drug-likeness (QED) is 0.890. The van der Waals surface area contributed by atoms with Crippen LogP contribution in [0.4, 0.5) is 0 Å². The lowest BCUT2D eigenvalue weighted by Crippen LogP contribution is -2.35. The van der Waals surface area contributed by atoms with E-state index in [-0.39, 0.29) is 5.91 Å². The van der Waals surface area contributed by atoms with Gasteiger partial charge in [-0.2, -0.15) is 0 Å². The van der Waals surface area contributed by atoms with Gasteiger partial charge in [0.05, 0.1) is 12.0 Å². The van der Waals surface area contributed by atoms with Crippen molar-refractivity contribution in [2.45, 2.75) is 19.9 Å². The Morgan fingerprint density at radius 3 is 2.18 bits per heavy atom. The molecule has 0 spiro atoms. The molecular formula is C18H19NO3. The van der Waals surface area contributed by atoms with Gasteiger partial charge in [0, 0.05) is 5.56 Å². The topological polar surface area (TPSA) is 66.4 Å². The zero-order valence-electron chi connectivity index (χ0n) is 12.6. The highest BCUT2D eigenvalue weighted by molar-refractivity contribution is 5.96. The molecular weight excluding hydrogens is 278 g/mol. The van der Waals surface area contributed by atoms with Gasteiger partial charge in [-0.25, -0.2) is 0 Å². The molecule has 0 aromatic heterocycles. The van der Waals surface area contributed by atoms with E-state index in [1.54, 1.807) is 19.1 Å². The van der Waals surface area contributed by atoms with E-state index in [1.807, 2.05) is 49.4 Å². The van der Waals surface area contributed by atoms with Crippen molar-refractivity contribution in [2.75, 3.05) is 0 Å². The fourth-order valence-electron chi connectivity index (χ4n) is 2.35. The fraction of sp³-hybridized carbons (Fsp3) is 0.222. The smallest absolute Gasteiger partial charge is 0.308 e. The normalized spacial score (nSPS) is 13.2. The van der Waals surface area contributed by atoms with Crippen molar-refractivity contribution in [1.82, 2.24) is 5.32 Å². The number of hydrogen-bond acceptors (Lipinski definition) is 2. The monoisotopic (exact) mass is 297 g/mol. The lowest BCUT2D eigenvalue weighted by atomic mass is 9.94. The van der Waals surface area contributed by atoms with E-state index in [9.17, 15) is 14.7 Å². The van der Waals surface area contributed by atoms with E-state index in [2.05, 4.69) is 5.32 Å². The third-order valence-electron chi connectivity index (χ3n) is 3.72. The number of rotatable bonds is 5. The van der Waals surface area contributed by atoms with E-state index >= 15 is 0 Å². The minimum Gasteiger partial charge on any atom is -0.481 e. The molecule has 0 saturated carbocycles. The number of carboxylic acid groups (broad SMARTS) is 1. The molecule has 4 nitrogen and oxygen atoms in total. The van der Waals surface area contributed by atoms with Crippen LogP contribution in [0.15, 0.2) is 54.6 Å². The molecule has 114 valence electrons. The summed E-state index contributed by atoms with van der Waals surface area (Å²) in [6, 6.07) is 15.8. The Balaban J connectivity index is 2.29. The van der Waals surface area contributed by atoms with Crippen LogP contribution >= 0.6 is 0 Å². The first kappa shape index (κ1) is 15.8. The third kappa shape index (κ3) is 3.52. The van der Waals surface area contributed by atoms with Gasteiger partial charge in [-0.15, -0.1) is 0 Å². The molecule has 0 unspecified atom stereocenters. The molecule has 0 aliphatic carbocycles. The molecule has 0 saturated heterocycles. The van der Waals surface area contributed by atoms with Crippen molar-refractivity contribution >= 4 is 11.9 Å². The van der Waals surface area contributed by atoms with E-state index in [0.29, 0.717) is 5.56 Å². The Kier molecular flexibility index (Phi) is 4.94. The van der Waals surface area contributed by atoms with Crippen LogP contribution in [0.5, 0.6) is 0 Å². The predicted octanol–water partition coefficient (Wildman–Crippen LogP) is 3.19. The Labute approximate surface area is 129 Å². The van der Waals surface area contributed by atoms with Crippen molar-refractivity contribution in [3.05, 3.63) is 71.3 Å². The Bertz CT molecular complexity index is 667. The molecule has 2 aromatic carbocycles. The van der Waals surface area contributed by atoms with Gasteiger partial charge in [0.25, 0.3) is 5.91 Å². The SMILES string of the molecule is Cc1ccccc1C(=O)N[C@H](c1ccccc1)[C@@H](C)C(=O)O. The second-order valence-corrected chi connectivity index (χ2v) is 5.30. The van der Waals surface area contributed by atoms with Crippen LogP contribution in [0.25, 0.3) is 0 Å². The number of benzene rings is 2. The van der Waals surface area contributed by atoms with Crippen molar-refractivity contribution in [2.24, 2.45) is 5.92 Å². The lowest BCUT2D eigenvalue weighted by Gasteiger charge is -2.23. The van der Waals surface area contributed by atoms with Gasteiger partial charge in [0.15, 0.2) is 0 Å². The first-order valence-corrected chi connectivity index (χ1v) is 7.15. The first-order chi connectivity index (χ1) is 10.5. The first-order valence-electron chi connectivity index (χ1n) is 7.15. The van der Waals surface area contributed by atoms with Crippen LogP contribution in [0, 0.1) is 12.8 Å². The predicted molar refractivity (Wildman–Crippen MR) is 84.6 cm³/mol. The van der Waals surface area contributed by atoms with Crippen LogP contribution in [0.1, 0.15) is 34.5 Å². The number of nitrogens with one attached hydrogen (secondary N) is 1. The zero-order chi connectivity index (χ0) is 16.1. The van der Waals surface area contributed by atoms with E-state index in [0.717, 1.165) is 11.1 Å². The summed E-state index contributed by atoms with van der Waals surface area (Å²) in [7, 11) is 0. The summed E-state index contributed by atoms with van der Waals surface area (Å²) in [6.07, 6.45) is 0. The van der Waals surface area contributed by atoms with Gasteiger partial charge in [0.1, 0.15) is 0 Å². The number of aryl methyl sites for hydroxylation is 1. The average molecular weight is 297 g/mol. The number of aliphatic carboxylic acids is 1. The highest BCUT2D eigenvalue weighted by Crippen LogP contribution is 2.23. The number of carbonyl (C=O) groups excluding carboxylic acids is 1. The summed E-state index contributed by atoms with van der Waals surface area (Å²) >= 11 is 0. The second-order valence-electron chi connectivity index (χ2n) is 5.30. The fourth-order valence-corrected chi connectivity index (χ4v) is 2.35. The van der Waals surface area contributed by atoms with Crippen molar-refractivity contribution in [3.8, 4) is 0 Å². The van der Waals surface area contributed by atoms with Gasteiger partial charge in [0.2, 0.25) is 0 Å². The van der Waals surface area contributed by atoms with Crippen LogP contribution in [-0.4, -0.2) is 17.0 Å². The van der Waals surface area contributed by atoms with Gasteiger partial charge in [-0.1, -0.05) is 48.5 Å². The van der Waals surface area contributed by atoms with E-state index in [1.165, 1.54) is 0 Å². The summed E-state index contributed by atoms with van der Waals surface area (Å²) < 4.78 is 0. The maximum Gasteiger partial charge on any atom is 0.308 e. The van der Waals surface area contributed by atoms with Crippen molar-refractivity contribution < 1.29 is 14.7 Å². The molecule has 1 amide bonds. The van der Waals surface area contributed by atoms with Crippen LogP contribution in [0.2, 0.25) is 0 Å². The van der Waals surface area contributed by atoms with Crippen LogP contribution < -0.4 is 5.32 Å². The molecule has 22 heavy (non-hydrogen) atoms. The molecule has 2 rings (SSSR count). The Morgan fingerprint density at radius 1 is 1.00 bits per heavy atom. The standard InChI is InChI=1S/C18H19NO3/c1-12-8-6-7-11-15(12)17(20)19-16(13(2)18(21)22)14-9-4-3-5-10-14/h3-11,13,16H,1-2H3,(H,19,20)(H,21,22)/t13-,16+/m1/s1. The number of carboxylic acids is 1. The van der Waals surface area contributed by atoms with Crippen molar-refractivity contribution in [3.63, 3.8) is 0 Å². The maximum absolute atomic E-state index is 12.5. The minimum atomic E-state index is -0.945. The number of hydrogen-bond donors (Lipinski definition) is 2. The van der Waals surface area contributed by atoms with Crippen LogP contribution in [-0.2, 0) is 4.79 Å². The summed E-state index contributed by atoms with van der Waals surface area (Å²) in [6.45, 7) is 3.45. The summed E-state index contributed by atoms with van der Waals surface area (Å²) in [5, 5.41) is 12.2.